The lowest BCUT2D eigenvalue weighted by molar-refractivity contribution is 0.466. The highest BCUT2D eigenvalue weighted by atomic mass is 16.3. The van der Waals surface area contributed by atoms with Gasteiger partial charge in [0.15, 0.2) is 0 Å². The van der Waals surface area contributed by atoms with Crippen LogP contribution in [-0.2, 0) is 0 Å². The molecule has 1 aliphatic rings. The van der Waals surface area contributed by atoms with E-state index in [-0.39, 0.29) is 0 Å². The minimum Gasteiger partial charge on any atom is -0.507 e. The van der Waals surface area contributed by atoms with Crippen molar-refractivity contribution in [1.82, 2.24) is 5.32 Å². The van der Waals surface area contributed by atoms with Gasteiger partial charge in [-0.15, -0.1) is 0 Å². The van der Waals surface area contributed by atoms with Crippen molar-refractivity contribution in [3.8, 4) is 5.75 Å². The van der Waals surface area contributed by atoms with Crippen LogP contribution in [0, 0.1) is 13.8 Å². The summed E-state index contributed by atoms with van der Waals surface area (Å²) in [6.07, 6.45) is 2.47. The molecule has 1 fully saturated rings. The smallest absolute Gasteiger partial charge is 0.121 e. The number of phenols is 1. The van der Waals surface area contributed by atoms with Gasteiger partial charge in [0, 0.05) is 6.04 Å². The van der Waals surface area contributed by atoms with E-state index in [4.69, 9.17) is 0 Å². The Kier molecular flexibility index (Phi) is 2.46. The SMILES string of the molecule is Cc1cc([C@H]2CCCN2)cc(C)c1O. The highest BCUT2D eigenvalue weighted by Crippen LogP contribution is 2.29. The number of hydrogen-bond acceptors (Lipinski definition) is 2. The van der Waals surface area contributed by atoms with E-state index in [0.29, 0.717) is 11.8 Å². The Hall–Kier alpha value is -1.02. The van der Waals surface area contributed by atoms with E-state index < -0.39 is 0 Å². The number of phenolic OH excluding ortho intramolecular Hbond substituents is 1. The van der Waals surface area contributed by atoms with Crippen molar-refractivity contribution in [1.29, 1.82) is 0 Å². The van der Waals surface area contributed by atoms with Gasteiger partial charge in [-0.3, -0.25) is 0 Å². The summed E-state index contributed by atoms with van der Waals surface area (Å²) in [7, 11) is 0. The summed E-state index contributed by atoms with van der Waals surface area (Å²) in [5, 5.41) is 13.1. The van der Waals surface area contributed by atoms with Gasteiger partial charge >= 0.3 is 0 Å². The molecule has 0 unspecified atom stereocenters. The zero-order chi connectivity index (χ0) is 10.1. The van der Waals surface area contributed by atoms with Crippen LogP contribution in [-0.4, -0.2) is 11.7 Å². The van der Waals surface area contributed by atoms with Gasteiger partial charge in [-0.1, -0.05) is 12.1 Å². The van der Waals surface area contributed by atoms with Gasteiger partial charge in [-0.05, 0) is 49.9 Å². The van der Waals surface area contributed by atoms with Crippen LogP contribution < -0.4 is 5.32 Å². The number of benzene rings is 1. The van der Waals surface area contributed by atoms with E-state index in [1.54, 1.807) is 0 Å². The predicted octanol–water partition coefficient (Wildman–Crippen LogP) is 2.43. The zero-order valence-corrected chi connectivity index (χ0v) is 8.80. The fourth-order valence-corrected chi connectivity index (χ4v) is 2.16. The van der Waals surface area contributed by atoms with E-state index in [1.165, 1.54) is 18.4 Å². The first kappa shape index (κ1) is 9.53. The van der Waals surface area contributed by atoms with E-state index in [2.05, 4.69) is 17.4 Å². The fraction of sp³-hybridized carbons (Fsp3) is 0.500. The number of aromatic hydroxyl groups is 1. The molecule has 1 aliphatic heterocycles. The quantitative estimate of drug-likeness (QED) is 0.714. The summed E-state index contributed by atoms with van der Waals surface area (Å²) in [5.41, 5.74) is 3.28. The molecule has 1 heterocycles. The van der Waals surface area contributed by atoms with Crippen molar-refractivity contribution >= 4 is 0 Å². The van der Waals surface area contributed by atoms with E-state index in [9.17, 15) is 5.11 Å². The Morgan fingerprint density at radius 3 is 2.43 bits per heavy atom. The Morgan fingerprint density at radius 1 is 1.29 bits per heavy atom. The third-order valence-electron chi connectivity index (χ3n) is 2.98. The summed E-state index contributed by atoms with van der Waals surface area (Å²) < 4.78 is 0. The first-order valence-electron chi connectivity index (χ1n) is 5.22. The maximum Gasteiger partial charge on any atom is 0.121 e. The highest BCUT2D eigenvalue weighted by molar-refractivity contribution is 5.43. The molecule has 0 radical (unpaired) electrons. The van der Waals surface area contributed by atoms with Gasteiger partial charge in [0.05, 0.1) is 0 Å². The maximum atomic E-state index is 9.65. The molecule has 1 atom stereocenters. The van der Waals surface area contributed by atoms with E-state index >= 15 is 0 Å². The molecule has 2 rings (SSSR count). The summed E-state index contributed by atoms with van der Waals surface area (Å²) in [5.74, 6) is 0.437. The van der Waals surface area contributed by atoms with Crippen molar-refractivity contribution in [3.05, 3.63) is 28.8 Å². The second kappa shape index (κ2) is 3.62. The second-order valence-electron chi connectivity index (χ2n) is 4.15. The highest BCUT2D eigenvalue weighted by Gasteiger charge is 2.17. The van der Waals surface area contributed by atoms with Crippen LogP contribution in [0.3, 0.4) is 0 Å². The summed E-state index contributed by atoms with van der Waals surface area (Å²) >= 11 is 0. The first-order chi connectivity index (χ1) is 6.68. The van der Waals surface area contributed by atoms with Gasteiger partial charge in [-0.2, -0.15) is 0 Å². The molecule has 1 aromatic rings. The molecule has 2 heteroatoms. The molecule has 1 saturated heterocycles. The summed E-state index contributed by atoms with van der Waals surface area (Å²) in [4.78, 5) is 0. The Balaban J connectivity index is 2.34. The average Bonchev–Trinajstić information content (AvgIpc) is 2.66. The minimum atomic E-state index is 0.437. The van der Waals surface area contributed by atoms with Crippen molar-refractivity contribution in [3.63, 3.8) is 0 Å². The molecule has 0 bridgehead atoms. The molecule has 2 N–H and O–H groups in total. The van der Waals surface area contributed by atoms with Crippen LogP contribution in [0.25, 0.3) is 0 Å². The lowest BCUT2D eigenvalue weighted by Crippen LogP contribution is -2.13. The molecule has 0 amide bonds. The fourth-order valence-electron chi connectivity index (χ4n) is 2.16. The minimum absolute atomic E-state index is 0.437. The summed E-state index contributed by atoms with van der Waals surface area (Å²) in [6.45, 7) is 5.03. The number of nitrogens with one attached hydrogen (secondary N) is 1. The second-order valence-corrected chi connectivity index (χ2v) is 4.15. The molecule has 2 nitrogen and oxygen atoms in total. The molecule has 0 saturated carbocycles. The third kappa shape index (κ3) is 1.62. The van der Waals surface area contributed by atoms with Gasteiger partial charge in [0.1, 0.15) is 5.75 Å². The van der Waals surface area contributed by atoms with Crippen LogP contribution in [0.5, 0.6) is 5.75 Å². The molecule has 14 heavy (non-hydrogen) atoms. The molecule has 0 spiro atoms. The monoisotopic (exact) mass is 191 g/mol. The standard InChI is InChI=1S/C12H17NO/c1-8-6-10(7-9(2)12(8)14)11-4-3-5-13-11/h6-7,11,13-14H,3-5H2,1-2H3/t11-/m1/s1. The van der Waals surface area contributed by atoms with Crippen molar-refractivity contribution in [2.75, 3.05) is 6.54 Å². The van der Waals surface area contributed by atoms with E-state index in [1.807, 2.05) is 13.8 Å². The molecule has 1 aromatic carbocycles. The molecular weight excluding hydrogens is 174 g/mol. The van der Waals surface area contributed by atoms with Gasteiger partial charge in [0.2, 0.25) is 0 Å². The lowest BCUT2D eigenvalue weighted by atomic mass is 9.99. The number of rotatable bonds is 1. The van der Waals surface area contributed by atoms with Crippen LogP contribution >= 0.6 is 0 Å². The predicted molar refractivity (Wildman–Crippen MR) is 57.6 cm³/mol. The van der Waals surface area contributed by atoms with Crippen LogP contribution in [0.15, 0.2) is 12.1 Å². The molecule has 0 aromatic heterocycles. The van der Waals surface area contributed by atoms with Crippen molar-refractivity contribution in [2.45, 2.75) is 32.7 Å². The topological polar surface area (TPSA) is 32.3 Å². The van der Waals surface area contributed by atoms with Crippen LogP contribution in [0.2, 0.25) is 0 Å². The van der Waals surface area contributed by atoms with Crippen LogP contribution in [0.4, 0.5) is 0 Å². The molecule has 76 valence electrons. The lowest BCUT2D eigenvalue weighted by Gasteiger charge is -2.13. The normalized spacial score (nSPS) is 21.4. The Labute approximate surface area is 85.0 Å². The largest absolute Gasteiger partial charge is 0.507 e. The van der Waals surface area contributed by atoms with Gasteiger partial charge < -0.3 is 10.4 Å². The number of aryl methyl sites for hydroxylation is 2. The summed E-state index contributed by atoms with van der Waals surface area (Å²) in [6, 6.07) is 4.67. The average molecular weight is 191 g/mol. The molecular formula is C12H17NO. The Bertz CT molecular complexity index is 317. The molecule has 0 aliphatic carbocycles. The maximum absolute atomic E-state index is 9.65. The third-order valence-corrected chi connectivity index (χ3v) is 2.98. The van der Waals surface area contributed by atoms with Crippen molar-refractivity contribution < 1.29 is 5.11 Å². The first-order valence-corrected chi connectivity index (χ1v) is 5.22. The zero-order valence-electron chi connectivity index (χ0n) is 8.80. The van der Waals surface area contributed by atoms with Crippen molar-refractivity contribution in [2.24, 2.45) is 0 Å². The van der Waals surface area contributed by atoms with Crippen LogP contribution in [0.1, 0.15) is 35.6 Å². The van der Waals surface area contributed by atoms with E-state index in [0.717, 1.165) is 17.7 Å². The van der Waals surface area contributed by atoms with Gasteiger partial charge in [0.25, 0.3) is 0 Å². The Morgan fingerprint density at radius 2 is 1.93 bits per heavy atom. The number of hydrogen-bond donors (Lipinski definition) is 2. The van der Waals surface area contributed by atoms with Gasteiger partial charge in [-0.25, -0.2) is 0 Å².